The fourth-order valence-corrected chi connectivity index (χ4v) is 2.67. The quantitative estimate of drug-likeness (QED) is 0.854. The number of benzene rings is 1. The summed E-state index contributed by atoms with van der Waals surface area (Å²) in [5, 5.41) is 6.66. The average molecular weight is 291 g/mol. The zero-order valence-electron chi connectivity index (χ0n) is 12.6. The Morgan fingerprint density at radius 2 is 2.14 bits per heavy atom. The van der Waals surface area contributed by atoms with Crippen molar-refractivity contribution in [2.24, 2.45) is 0 Å². The Morgan fingerprint density at radius 3 is 2.90 bits per heavy atom. The molecule has 3 rings (SSSR count). The summed E-state index contributed by atoms with van der Waals surface area (Å²) in [5.41, 5.74) is 1.06. The van der Waals surface area contributed by atoms with Crippen LogP contribution in [0, 0.1) is 0 Å². The second-order valence-electron chi connectivity index (χ2n) is 5.78. The van der Waals surface area contributed by atoms with Crippen LogP contribution in [0.15, 0.2) is 18.2 Å². The maximum atomic E-state index is 12.3. The van der Waals surface area contributed by atoms with Crippen LogP contribution in [0.2, 0.25) is 0 Å². The summed E-state index contributed by atoms with van der Waals surface area (Å²) in [6.45, 7) is 4.39. The van der Waals surface area contributed by atoms with Crippen LogP contribution < -0.4 is 20.1 Å². The number of nitrogens with one attached hydrogen (secondary N) is 2. The molecule has 0 aliphatic carbocycles. The van der Waals surface area contributed by atoms with Crippen molar-refractivity contribution in [1.82, 2.24) is 15.5 Å². The van der Waals surface area contributed by atoms with Crippen molar-refractivity contribution in [3.8, 4) is 11.5 Å². The maximum Gasteiger partial charge on any atom is 0.242 e. The summed E-state index contributed by atoms with van der Waals surface area (Å²) in [5.74, 6) is 1.62. The molecule has 2 unspecified atom stereocenters. The zero-order valence-corrected chi connectivity index (χ0v) is 12.6. The number of fused-ring (bicyclic) bond motifs is 1. The van der Waals surface area contributed by atoms with E-state index in [1.165, 1.54) is 0 Å². The molecule has 1 fully saturated rings. The topological polar surface area (TPSA) is 62.8 Å². The Labute approximate surface area is 124 Å². The largest absolute Gasteiger partial charge is 0.454 e. The summed E-state index contributed by atoms with van der Waals surface area (Å²) in [7, 11) is 1.81. The van der Waals surface area contributed by atoms with Crippen molar-refractivity contribution in [1.29, 1.82) is 0 Å². The number of carbonyl (C=O) groups is 1. The first-order valence-corrected chi connectivity index (χ1v) is 7.22. The lowest BCUT2D eigenvalue weighted by Gasteiger charge is -2.22. The number of carbonyl (C=O) groups excluding carboxylic acids is 1. The normalized spacial score (nSPS) is 24.2. The molecule has 6 heteroatoms. The van der Waals surface area contributed by atoms with E-state index in [1.54, 1.807) is 4.90 Å². The van der Waals surface area contributed by atoms with Crippen molar-refractivity contribution in [2.45, 2.75) is 38.6 Å². The zero-order chi connectivity index (χ0) is 15.0. The van der Waals surface area contributed by atoms with Crippen LogP contribution in [0.25, 0.3) is 0 Å². The Balaban J connectivity index is 1.69. The predicted octanol–water partition coefficient (Wildman–Crippen LogP) is 0.670. The molecular formula is C15H21N3O3. The third-order valence-electron chi connectivity index (χ3n) is 3.76. The minimum Gasteiger partial charge on any atom is -0.454 e. The third-order valence-corrected chi connectivity index (χ3v) is 3.76. The highest BCUT2D eigenvalue weighted by atomic mass is 16.7. The number of likely N-dealkylation sites (N-methyl/N-ethyl adjacent to an activating group) is 1. The first-order valence-electron chi connectivity index (χ1n) is 7.22. The highest BCUT2D eigenvalue weighted by Crippen LogP contribution is 2.33. The van der Waals surface area contributed by atoms with Gasteiger partial charge >= 0.3 is 0 Å². The maximum absolute atomic E-state index is 12.3. The summed E-state index contributed by atoms with van der Waals surface area (Å²) in [6.07, 6.45) is 0.521. The van der Waals surface area contributed by atoms with E-state index in [1.807, 2.05) is 25.2 Å². The highest BCUT2D eigenvalue weighted by molar-refractivity contribution is 5.84. The van der Waals surface area contributed by atoms with Crippen LogP contribution in [-0.4, -0.2) is 43.0 Å². The lowest BCUT2D eigenvalue weighted by molar-refractivity contribution is -0.129. The van der Waals surface area contributed by atoms with Gasteiger partial charge in [0.15, 0.2) is 11.5 Å². The second kappa shape index (κ2) is 5.54. The van der Waals surface area contributed by atoms with Crippen LogP contribution in [0.1, 0.15) is 19.4 Å². The van der Waals surface area contributed by atoms with Crippen LogP contribution >= 0.6 is 0 Å². The molecule has 1 aromatic rings. The average Bonchev–Trinajstić information content (AvgIpc) is 2.99. The van der Waals surface area contributed by atoms with Gasteiger partial charge in [-0.25, -0.2) is 0 Å². The molecule has 2 heterocycles. The summed E-state index contributed by atoms with van der Waals surface area (Å²) in [4.78, 5) is 14.0. The van der Waals surface area contributed by atoms with E-state index < -0.39 is 0 Å². The van der Waals surface area contributed by atoms with E-state index in [9.17, 15) is 4.79 Å². The molecule has 0 spiro atoms. The minimum atomic E-state index is -0.216. The van der Waals surface area contributed by atoms with E-state index >= 15 is 0 Å². The van der Waals surface area contributed by atoms with Gasteiger partial charge in [-0.1, -0.05) is 6.07 Å². The van der Waals surface area contributed by atoms with Gasteiger partial charge in [-0.15, -0.1) is 0 Å². The van der Waals surface area contributed by atoms with E-state index in [0.717, 1.165) is 17.1 Å². The van der Waals surface area contributed by atoms with E-state index in [2.05, 4.69) is 24.5 Å². The molecular weight excluding hydrogens is 270 g/mol. The van der Waals surface area contributed by atoms with Crippen molar-refractivity contribution in [3.05, 3.63) is 23.8 Å². The Morgan fingerprint density at radius 1 is 1.38 bits per heavy atom. The van der Waals surface area contributed by atoms with Crippen LogP contribution in [-0.2, 0) is 11.2 Å². The van der Waals surface area contributed by atoms with Crippen molar-refractivity contribution >= 4 is 5.91 Å². The van der Waals surface area contributed by atoms with E-state index in [4.69, 9.17) is 9.47 Å². The molecule has 2 aliphatic rings. The van der Waals surface area contributed by atoms with E-state index in [-0.39, 0.29) is 25.0 Å². The van der Waals surface area contributed by atoms with Gasteiger partial charge in [0, 0.05) is 13.1 Å². The molecule has 2 atom stereocenters. The van der Waals surface area contributed by atoms with Gasteiger partial charge in [0.2, 0.25) is 12.7 Å². The van der Waals surface area contributed by atoms with Gasteiger partial charge in [-0.3, -0.25) is 15.4 Å². The molecule has 0 bridgehead atoms. The summed E-state index contributed by atoms with van der Waals surface area (Å²) in [6, 6.07) is 5.91. The lowest BCUT2D eigenvalue weighted by Crippen LogP contribution is -2.50. The minimum absolute atomic E-state index is 0.103. The predicted molar refractivity (Wildman–Crippen MR) is 78.0 cm³/mol. The number of nitrogens with zero attached hydrogens (tertiary/aromatic N) is 1. The first-order chi connectivity index (χ1) is 10.0. The van der Waals surface area contributed by atoms with E-state index in [0.29, 0.717) is 12.5 Å². The Hall–Kier alpha value is -1.79. The van der Waals surface area contributed by atoms with Crippen LogP contribution in [0.4, 0.5) is 0 Å². The molecule has 114 valence electrons. The van der Waals surface area contributed by atoms with Crippen LogP contribution in [0.5, 0.6) is 11.5 Å². The van der Waals surface area contributed by atoms with Gasteiger partial charge in [0.25, 0.3) is 0 Å². The smallest absolute Gasteiger partial charge is 0.242 e. The van der Waals surface area contributed by atoms with Crippen molar-refractivity contribution < 1.29 is 14.3 Å². The van der Waals surface area contributed by atoms with Gasteiger partial charge < -0.3 is 14.4 Å². The number of hydrogen-bond donors (Lipinski definition) is 2. The molecule has 21 heavy (non-hydrogen) atoms. The number of rotatable bonds is 4. The highest BCUT2D eigenvalue weighted by Gasteiger charge is 2.36. The first kappa shape index (κ1) is 14.2. The fraction of sp³-hybridized carbons (Fsp3) is 0.533. The van der Waals surface area contributed by atoms with Gasteiger partial charge in [0.05, 0.1) is 6.04 Å². The van der Waals surface area contributed by atoms with Gasteiger partial charge in [-0.05, 0) is 38.0 Å². The van der Waals surface area contributed by atoms with Crippen molar-refractivity contribution in [2.75, 3.05) is 13.8 Å². The van der Waals surface area contributed by atoms with Crippen LogP contribution in [0.3, 0.4) is 0 Å². The molecule has 2 N–H and O–H groups in total. The Kier molecular flexibility index (Phi) is 3.73. The standard InChI is InChI=1S/C15H21N3O3/c1-9(2)16-15-17-11(14(19)18(15)3)6-10-4-5-12-13(7-10)21-8-20-12/h4-5,7,9,11,15-17H,6,8H2,1-3H3. The molecule has 0 radical (unpaired) electrons. The second-order valence-corrected chi connectivity index (χ2v) is 5.78. The number of ether oxygens (including phenoxy) is 2. The SMILES string of the molecule is CC(C)NC1NC(Cc2ccc3c(c2)OCO3)C(=O)N1C. The molecule has 0 saturated carbocycles. The fourth-order valence-electron chi connectivity index (χ4n) is 2.67. The molecule has 6 nitrogen and oxygen atoms in total. The van der Waals surface area contributed by atoms with Crippen molar-refractivity contribution in [3.63, 3.8) is 0 Å². The van der Waals surface area contributed by atoms with Gasteiger partial charge in [-0.2, -0.15) is 0 Å². The third kappa shape index (κ3) is 2.82. The number of hydrogen-bond acceptors (Lipinski definition) is 5. The monoisotopic (exact) mass is 291 g/mol. The molecule has 2 aliphatic heterocycles. The molecule has 1 amide bonds. The summed E-state index contributed by atoms with van der Waals surface area (Å²) < 4.78 is 10.7. The summed E-state index contributed by atoms with van der Waals surface area (Å²) >= 11 is 0. The lowest BCUT2D eigenvalue weighted by atomic mass is 10.1. The number of amides is 1. The molecule has 0 aromatic heterocycles. The Bertz CT molecular complexity index is 547. The molecule has 1 saturated heterocycles. The van der Waals surface area contributed by atoms with Gasteiger partial charge in [0.1, 0.15) is 6.29 Å². The molecule has 1 aromatic carbocycles.